The minimum atomic E-state index is -0.969. The van der Waals surface area contributed by atoms with Crippen molar-refractivity contribution in [3.8, 4) is 0 Å². The summed E-state index contributed by atoms with van der Waals surface area (Å²) in [5, 5.41) is 31.2. The van der Waals surface area contributed by atoms with Crippen molar-refractivity contribution >= 4 is 39.8 Å². The largest absolute Gasteiger partial charge is 0.478 e. The van der Waals surface area contributed by atoms with E-state index < -0.39 is 5.97 Å². The Hall–Kier alpha value is -4.33. The van der Waals surface area contributed by atoms with E-state index in [-0.39, 0.29) is 11.4 Å². The normalized spacial score (nSPS) is 11.0. The van der Waals surface area contributed by atoms with E-state index in [4.69, 9.17) is 5.11 Å². The Balaban J connectivity index is 1.68. The Kier molecular flexibility index (Phi) is 4.81. The molecule has 0 amide bonds. The van der Waals surface area contributed by atoms with Crippen LogP contribution in [0, 0.1) is 0 Å². The quantitative estimate of drug-likeness (QED) is 0.263. The summed E-state index contributed by atoms with van der Waals surface area (Å²) in [5.74, 6) is -0.680. The molecule has 8 heteroatoms. The smallest absolute Gasteiger partial charge is 0.388 e. The molecule has 2 heterocycles. The number of rotatable bonds is 5. The molecule has 0 unspecified atom stereocenters. The van der Waals surface area contributed by atoms with Crippen LogP contribution in [-0.4, -0.2) is 21.3 Å². The Morgan fingerprint density at radius 2 is 1.79 bits per heavy atom. The molecule has 29 heavy (non-hydrogen) atoms. The average molecular weight is 386 g/mol. The minimum Gasteiger partial charge on any atom is -0.478 e. The summed E-state index contributed by atoms with van der Waals surface area (Å²) in [4.78, 5) is 15.4. The topological polar surface area (TPSA) is 111 Å². The van der Waals surface area contributed by atoms with Gasteiger partial charge >= 0.3 is 11.8 Å². The number of hydrogen-bond donors (Lipinski definition) is 3. The number of benzene rings is 2. The second-order valence-electron chi connectivity index (χ2n) is 6.14. The lowest BCUT2D eigenvalue weighted by molar-refractivity contribution is -0.894. The number of aromatic carboxylic acids is 1. The van der Waals surface area contributed by atoms with Crippen LogP contribution in [0.5, 0.6) is 0 Å². The van der Waals surface area contributed by atoms with Crippen LogP contribution in [0.2, 0.25) is 0 Å². The number of carbonyl (C=O) groups is 1. The maximum absolute atomic E-state index is 11.0. The van der Waals surface area contributed by atoms with E-state index in [2.05, 4.69) is 20.5 Å². The van der Waals surface area contributed by atoms with Gasteiger partial charge in [0.2, 0.25) is 0 Å². The van der Waals surface area contributed by atoms with Gasteiger partial charge < -0.3 is 15.6 Å². The molecule has 0 saturated carbocycles. The molecule has 0 spiro atoms. The van der Waals surface area contributed by atoms with Gasteiger partial charge in [-0.05, 0) is 70.5 Å². The summed E-state index contributed by atoms with van der Waals surface area (Å²) in [5.41, 5.74) is 2.96. The summed E-state index contributed by atoms with van der Waals surface area (Å²) < 4.78 is 0.885. The van der Waals surface area contributed by atoms with Gasteiger partial charge in [-0.2, -0.15) is 0 Å². The molecule has 4 rings (SSSR count). The molecular formula is C21H16N5O3+. The maximum atomic E-state index is 11.0. The molecular weight excluding hydrogens is 370 g/mol. The fourth-order valence-electron chi connectivity index (χ4n) is 2.81. The summed E-state index contributed by atoms with van der Waals surface area (Å²) in [6.07, 6.45) is 3.13. The van der Waals surface area contributed by atoms with Crippen molar-refractivity contribution in [2.75, 3.05) is 5.32 Å². The van der Waals surface area contributed by atoms with Crippen LogP contribution in [0.25, 0.3) is 10.9 Å². The standard InChI is InChI=1S/C21H15N5O3/c27-21(28)14-6-8-15(9-7-14)23-17-10-11-18(20-16(17)4-3-12-22-20)24-25-19-5-1-2-13-26(19)29/h1-13,29H,(H,27,28)/p+1. The molecule has 0 atom stereocenters. The van der Waals surface area contributed by atoms with E-state index in [1.165, 1.54) is 18.3 Å². The number of aromatic nitrogens is 2. The molecule has 2 aromatic heterocycles. The molecule has 0 saturated heterocycles. The Labute approximate surface area is 165 Å². The third-order valence-corrected chi connectivity index (χ3v) is 4.24. The van der Waals surface area contributed by atoms with Crippen LogP contribution in [0.3, 0.4) is 0 Å². The maximum Gasteiger partial charge on any atom is 0.388 e. The van der Waals surface area contributed by atoms with Crippen LogP contribution in [0.4, 0.5) is 22.9 Å². The van der Waals surface area contributed by atoms with E-state index in [0.29, 0.717) is 11.2 Å². The van der Waals surface area contributed by atoms with Crippen molar-refractivity contribution in [2.24, 2.45) is 10.2 Å². The minimum absolute atomic E-state index is 0.222. The van der Waals surface area contributed by atoms with Gasteiger partial charge in [-0.25, -0.2) is 4.79 Å². The van der Waals surface area contributed by atoms with Crippen molar-refractivity contribution in [2.45, 2.75) is 0 Å². The second-order valence-corrected chi connectivity index (χ2v) is 6.14. The molecule has 0 aliphatic rings. The highest BCUT2D eigenvalue weighted by atomic mass is 16.5. The fraction of sp³-hybridized carbons (Fsp3) is 0. The molecule has 0 radical (unpaired) electrons. The van der Waals surface area contributed by atoms with Gasteiger partial charge in [0.05, 0.1) is 10.7 Å². The number of pyridine rings is 2. The highest BCUT2D eigenvalue weighted by Gasteiger charge is 2.11. The molecule has 0 aliphatic heterocycles. The second kappa shape index (κ2) is 7.73. The molecule has 0 fully saturated rings. The number of carboxylic acid groups (broad SMARTS) is 1. The van der Waals surface area contributed by atoms with Gasteiger partial charge in [-0.15, -0.1) is 0 Å². The molecule has 3 N–H and O–H groups in total. The number of anilines is 2. The van der Waals surface area contributed by atoms with Crippen LogP contribution in [0.15, 0.2) is 89.4 Å². The summed E-state index contributed by atoms with van der Waals surface area (Å²) in [7, 11) is 0. The van der Waals surface area contributed by atoms with E-state index in [1.807, 2.05) is 18.2 Å². The van der Waals surface area contributed by atoms with Crippen molar-refractivity contribution < 1.29 is 19.8 Å². The summed E-state index contributed by atoms with van der Waals surface area (Å²) in [6, 6.07) is 18.9. The molecule has 142 valence electrons. The predicted octanol–water partition coefficient (Wildman–Crippen LogP) is 4.62. The number of hydrogen-bond acceptors (Lipinski definition) is 6. The molecule has 4 aromatic rings. The first-order chi connectivity index (χ1) is 14.1. The number of nitrogens with one attached hydrogen (secondary N) is 1. The predicted molar refractivity (Wildman–Crippen MR) is 106 cm³/mol. The van der Waals surface area contributed by atoms with E-state index in [0.717, 1.165) is 21.5 Å². The number of nitrogens with zero attached hydrogens (tertiary/aromatic N) is 4. The highest BCUT2D eigenvalue weighted by Crippen LogP contribution is 2.32. The first-order valence-electron chi connectivity index (χ1n) is 8.71. The molecule has 0 aliphatic carbocycles. The van der Waals surface area contributed by atoms with Gasteiger partial charge in [-0.3, -0.25) is 4.98 Å². The van der Waals surface area contributed by atoms with Crippen LogP contribution in [0.1, 0.15) is 10.4 Å². The third kappa shape index (κ3) is 3.86. The van der Waals surface area contributed by atoms with Crippen molar-refractivity contribution in [3.05, 3.63) is 84.7 Å². The SMILES string of the molecule is O=C(O)c1ccc(Nc2ccc(N=Nc3cccc[n+]3O)c3ncccc23)cc1. The van der Waals surface area contributed by atoms with E-state index in [9.17, 15) is 10.0 Å². The van der Waals surface area contributed by atoms with Crippen molar-refractivity contribution in [3.63, 3.8) is 0 Å². The summed E-state index contributed by atoms with van der Waals surface area (Å²) >= 11 is 0. The lowest BCUT2D eigenvalue weighted by Gasteiger charge is -2.10. The number of fused-ring (bicyclic) bond motifs is 1. The molecule has 0 bridgehead atoms. The van der Waals surface area contributed by atoms with Crippen LogP contribution < -0.4 is 10.0 Å². The number of azo groups is 1. The Bertz CT molecular complexity index is 1220. The number of carboxylic acids is 1. The van der Waals surface area contributed by atoms with Crippen molar-refractivity contribution in [1.29, 1.82) is 0 Å². The van der Waals surface area contributed by atoms with Gasteiger partial charge in [0.1, 0.15) is 17.4 Å². The Morgan fingerprint density at radius 1 is 0.966 bits per heavy atom. The Morgan fingerprint density at radius 3 is 2.55 bits per heavy atom. The van der Waals surface area contributed by atoms with Gasteiger partial charge in [0.25, 0.3) is 0 Å². The average Bonchev–Trinajstić information content (AvgIpc) is 2.74. The first-order valence-corrected chi connectivity index (χ1v) is 8.71. The zero-order chi connectivity index (χ0) is 20.2. The molecule has 8 nitrogen and oxygen atoms in total. The summed E-state index contributed by atoms with van der Waals surface area (Å²) in [6.45, 7) is 0. The van der Waals surface area contributed by atoms with Crippen LogP contribution in [-0.2, 0) is 0 Å². The zero-order valence-corrected chi connectivity index (χ0v) is 15.1. The lowest BCUT2D eigenvalue weighted by atomic mass is 10.1. The fourth-order valence-corrected chi connectivity index (χ4v) is 2.81. The van der Waals surface area contributed by atoms with Crippen molar-refractivity contribution in [1.82, 2.24) is 4.98 Å². The van der Waals surface area contributed by atoms with Gasteiger partial charge in [0, 0.05) is 29.0 Å². The lowest BCUT2D eigenvalue weighted by Crippen LogP contribution is -2.28. The van der Waals surface area contributed by atoms with Gasteiger partial charge in [-0.1, -0.05) is 0 Å². The first kappa shape index (κ1) is 18.1. The zero-order valence-electron chi connectivity index (χ0n) is 15.1. The monoisotopic (exact) mass is 386 g/mol. The van der Waals surface area contributed by atoms with E-state index >= 15 is 0 Å². The van der Waals surface area contributed by atoms with E-state index in [1.54, 1.807) is 42.6 Å². The third-order valence-electron chi connectivity index (χ3n) is 4.24. The molecule has 2 aromatic carbocycles. The highest BCUT2D eigenvalue weighted by molar-refractivity contribution is 5.99. The van der Waals surface area contributed by atoms with Gasteiger partial charge in [0.15, 0.2) is 0 Å². The van der Waals surface area contributed by atoms with Crippen LogP contribution >= 0.6 is 0 Å².